The molecule has 2 atom stereocenters. The average molecular weight is 349 g/mol. The van der Waals surface area contributed by atoms with Crippen LogP contribution < -0.4 is 5.32 Å². The molecule has 0 saturated carbocycles. The fraction of sp³-hybridized carbons (Fsp3) is 0.350. The van der Waals surface area contributed by atoms with Gasteiger partial charge in [0.25, 0.3) is 0 Å². The van der Waals surface area contributed by atoms with Gasteiger partial charge in [-0.1, -0.05) is 36.4 Å². The fourth-order valence-electron chi connectivity index (χ4n) is 3.66. The highest BCUT2D eigenvalue weighted by Crippen LogP contribution is 2.21. The molecule has 1 aliphatic heterocycles. The lowest BCUT2D eigenvalue weighted by atomic mass is 10.1. The number of nitrogens with zero attached hydrogens (tertiary/aromatic N) is 4. The molecule has 0 bridgehead atoms. The van der Waals surface area contributed by atoms with Gasteiger partial charge in [0.2, 0.25) is 5.91 Å². The van der Waals surface area contributed by atoms with Crippen LogP contribution in [0.4, 0.5) is 0 Å². The monoisotopic (exact) mass is 349 g/mol. The summed E-state index contributed by atoms with van der Waals surface area (Å²) in [6.07, 6.45) is 3.86. The van der Waals surface area contributed by atoms with E-state index in [4.69, 9.17) is 0 Å². The summed E-state index contributed by atoms with van der Waals surface area (Å²) in [7, 11) is 0. The van der Waals surface area contributed by atoms with Crippen molar-refractivity contribution in [1.29, 1.82) is 0 Å². The van der Waals surface area contributed by atoms with Crippen LogP contribution in [-0.2, 0) is 11.3 Å². The molecule has 26 heavy (non-hydrogen) atoms. The molecule has 1 fully saturated rings. The Kier molecular flexibility index (Phi) is 4.67. The van der Waals surface area contributed by atoms with Gasteiger partial charge in [-0.2, -0.15) is 0 Å². The zero-order valence-corrected chi connectivity index (χ0v) is 14.9. The summed E-state index contributed by atoms with van der Waals surface area (Å²) in [5.41, 5.74) is 2.03. The SMILES string of the molecule is C[C@@H](NC(=O)[C@@H]1CCCN1Cc1ccccc1)c1nnc2ccccn12. The first-order valence-corrected chi connectivity index (χ1v) is 9.10. The molecule has 1 saturated heterocycles. The third-order valence-corrected chi connectivity index (χ3v) is 4.98. The van der Waals surface area contributed by atoms with Gasteiger partial charge in [-0.3, -0.25) is 14.1 Å². The summed E-state index contributed by atoms with van der Waals surface area (Å²) in [6, 6.07) is 15.8. The number of amides is 1. The van der Waals surface area contributed by atoms with Gasteiger partial charge in [-0.15, -0.1) is 10.2 Å². The minimum Gasteiger partial charge on any atom is -0.345 e. The van der Waals surface area contributed by atoms with Crippen molar-refractivity contribution in [2.75, 3.05) is 6.54 Å². The highest BCUT2D eigenvalue weighted by molar-refractivity contribution is 5.82. The molecule has 3 heterocycles. The quantitative estimate of drug-likeness (QED) is 0.769. The molecule has 1 amide bonds. The smallest absolute Gasteiger partial charge is 0.237 e. The van der Waals surface area contributed by atoms with Gasteiger partial charge < -0.3 is 5.32 Å². The lowest BCUT2D eigenvalue weighted by Gasteiger charge is -2.25. The Morgan fingerprint density at radius 3 is 2.85 bits per heavy atom. The number of likely N-dealkylation sites (tertiary alicyclic amines) is 1. The Balaban J connectivity index is 1.45. The van der Waals surface area contributed by atoms with E-state index in [1.54, 1.807) is 0 Å². The van der Waals surface area contributed by atoms with Gasteiger partial charge in [0, 0.05) is 12.7 Å². The van der Waals surface area contributed by atoms with E-state index >= 15 is 0 Å². The zero-order chi connectivity index (χ0) is 17.9. The minimum absolute atomic E-state index is 0.0682. The van der Waals surface area contributed by atoms with Crippen LogP contribution in [0.1, 0.15) is 37.2 Å². The van der Waals surface area contributed by atoms with Crippen LogP contribution >= 0.6 is 0 Å². The van der Waals surface area contributed by atoms with Gasteiger partial charge >= 0.3 is 0 Å². The Labute approximate surface area is 152 Å². The maximum Gasteiger partial charge on any atom is 0.237 e. The molecule has 0 radical (unpaired) electrons. The molecular weight excluding hydrogens is 326 g/mol. The topological polar surface area (TPSA) is 62.5 Å². The van der Waals surface area contributed by atoms with E-state index < -0.39 is 0 Å². The fourth-order valence-corrected chi connectivity index (χ4v) is 3.66. The molecule has 2 aromatic heterocycles. The number of hydrogen-bond acceptors (Lipinski definition) is 4. The molecule has 1 N–H and O–H groups in total. The van der Waals surface area contributed by atoms with E-state index in [1.165, 1.54) is 5.56 Å². The van der Waals surface area contributed by atoms with Gasteiger partial charge in [0.1, 0.15) is 0 Å². The van der Waals surface area contributed by atoms with Gasteiger partial charge in [-0.05, 0) is 44.0 Å². The summed E-state index contributed by atoms with van der Waals surface area (Å²) in [6.45, 7) is 3.72. The summed E-state index contributed by atoms with van der Waals surface area (Å²) < 4.78 is 1.92. The van der Waals surface area contributed by atoms with Crippen LogP contribution in [0, 0.1) is 0 Å². The summed E-state index contributed by atoms with van der Waals surface area (Å²) in [5.74, 6) is 0.820. The van der Waals surface area contributed by atoms with Crippen molar-refractivity contribution >= 4 is 11.6 Å². The third kappa shape index (κ3) is 3.32. The second kappa shape index (κ2) is 7.25. The van der Waals surface area contributed by atoms with E-state index in [1.807, 2.05) is 53.9 Å². The Morgan fingerprint density at radius 1 is 1.19 bits per heavy atom. The lowest BCUT2D eigenvalue weighted by Crippen LogP contribution is -2.44. The van der Waals surface area contributed by atoms with Crippen LogP contribution in [0.5, 0.6) is 0 Å². The van der Waals surface area contributed by atoms with Crippen LogP contribution in [0.25, 0.3) is 5.65 Å². The highest BCUT2D eigenvalue weighted by Gasteiger charge is 2.31. The molecule has 134 valence electrons. The highest BCUT2D eigenvalue weighted by atomic mass is 16.2. The molecule has 1 aliphatic rings. The molecule has 1 aromatic carbocycles. The lowest BCUT2D eigenvalue weighted by molar-refractivity contribution is -0.126. The van der Waals surface area contributed by atoms with Crippen molar-refractivity contribution in [3.05, 3.63) is 66.1 Å². The molecule has 3 aromatic rings. The molecule has 0 unspecified atom stereocenters. The first-order valence-electron chi connectivity index (χ1n) is 9.10. The normalized spacial score (nSPS) is 18.9. The van der Waals surface area contributed by atoms with Crippen LogP contribution in [0.2, 0.25) is 0 Å². The van der Waals surface area contributed by atoms with Crippen molar-refractivity contribution in [3.8, 4) is 0 Å². The van der Waals surface area contributed by atoms with Crippen molar-refractivity contribution in [2.24, 2.45) is 0 Å². The van der Waals surface area contributed by atoms with Crippen molar-refractivity contribution in [3.63, 3.8) is 0 Å². The van der Waals surface area contributed by atoms with Gasteiger partial charge in [-0.25, -0.2) is 0 Å². The molecule has 0 aliphatic carbocycles. The maximum absolute atomic E-state index is 12.9. The van der Waals surface area contributed by atoms with Crippen molar-refractivity contribution < 1.29 is 4.79 Å². The van der Waals surface area contributed by atoms with E-state index in [2.05, 4.69) is 32.5 Å². The van der Waals surface area contributed by atoms with Crippen molar-refractivity contribution in [1.82, 2.24) is 24.8 Å². The van der Waals surface area contributed by atoms with Crippen LogP contribution in [0.15, 0.2) is 54.7 Å². The third-order valence-electron chi connectivity index (χ3n) is 4.98. The summed E-state index contributed by atoms with van der Waals surface area (Å²) in [4.78, 5) is 15.1. The Morgan fingerprint density at radius 2 is 2.00 bits per heavy atom. The number of rotatable bonds is 5. The van der Waals surface area contributed by atoms with E-state index in [0.717, 1.165) is 37.4 Å². The Bertz CT molecular complexity index is 891. The predicted molar refractivity (Wildman–Crippen MR) is 99.4 cm³/mol. The summed E-state index contributed by atoms with van der Waals surface area (Å²) in [5, 5.41) is 11.5. The standard InChI is InChI=1S/C20H23N5O/c1-15(19-23-22-18-11-5-6-13-25(18)19)21-20(26)17-10-7-12-24(17)14-16-8-3-2-4-9-16/h2-6,8-9,11,13,15,17H,7,10,12,14H2,1H3,(H,21,26)/t15-,17+/m1/s1. The number of benzene rings is 1. The number of carbonyl (C=O) groups excluding carboxylic acids is 1. The maximum atomic E-state index is 12.9. The Hall–Kier alpha value is -2.73. The predicted octanol–water partition coefficient (Wildman–Crippen LogP) is 2.57. The number of fused-ring (bicyclic) bond motifs is 1. The van der Waals surface area contributed by atoms with Crippen LogP contribution in [-0.4, -0.2) is 38.0 Å². The average Bonchev–Trinajstić information content (AvgIpc) is 3.29. The first-order chi connectivity index (χ1) is 12.7. The van der Waals surface area contributed by atoms with Crippen molar-refractivity contribution in [2.45, 2.75) is 38.4 Å². The largest absolute Gasteiger partial charge is 0.345 e. The molecule has 6 nitrogen and oxygen atoms in total. The first kappa shape index (κ1) is 16.7. The number of nitrogens with one attached hydrogen (secondary N) is 1. The second-order valence-electron chi connectivity index (χ2n) is 6.83. The van der Waals surface area contributed by atoms with Crippen LogP contribution in [0.3, 0.4) is 0 Å². The molecule has 0 spiro atoms. The molecule has 4 rings (SSSR count). The van der Waals surface area contributed by atoms with E-state index in [-0.39, 0.29) is 18.0 Å². The minimum atomic E-state index is -0.195. The molecular formula is C20H23N5O. The zero-order valence-electron chi connectivity index (χ0n) is 14.9. The summed E-state index contributed by atoms with van der Waals surface area (Å²) >= 11 is 0. The van der Waals surface area contributed by atoms with Gasteiger partial charge in [0.15, 0.2) is 11.5 Å². The van der Waals surface area contributed by atoms with Gasteiger partial charge in [0.05, 0.1) is 12.1 Å². The number of hydrogen-bond donors (Lipinski definition) is 1. The second-order valence-corrected chi connectivity index (χ2v) is 6.83. The van der Waals surface area contributed by atoms with E-state index in [9.17, 15) is 4.79 Å². The number of pyridine rings is 1. The number of carbonyl (C=O) groups is 1. The number of aromatic nitrogens is 3. The van der Waals surface area contributed by atoms with E-state index in [0.29, 0.717) is 0 Å². The molecule has 6 heteroatoms.